The molecule has 0 aliphatic carbocycles. The minimum atomic E-state index is 0.0000925. The molecule has 2 aromatic rings. The third-order valence-corrected chi connectivity index (χ3v) is 3.67. The molecular weight excluding hydrogens is 342 g/mol. The Morgan fingerprint density at radius 1 is 1.09 bits per heavy atom. The van der Waals surface area contributed by atoms with Crippen LogP contribution < -0.4 is 15.5 Å². The van der Waals surface area contributed by atoms with Gasteiger partial charge < -0.3 is 15.5 Å². The summed E-state index contributed by atoms with van der Waals surface area (Å²) in [7, 11) is 3.97. The molecule has 0 aliphatic rings. The first-order valence-electron chi connectivity index (χ1n) is 7.11. The van der Waals surface area contributed by atoms with Crippen LogP contribution >= 0.6 is 15.9 Å². The monoisotopic (exact) mass is 361 g/mol. The van der Waals surface area contributed by atoms with Crippen LogP contribution in [-0.4, -0.2) is 26.5 Å². The van der Waals surface area contributed by atoms with Gasteiger partial charge in [0.15, 0.2) is 0 Å². The number of rotatable bonds is 6. The van der Waals surface area contributed by atoms with Crippen LogP contribution in [0.1, 0.15) is 6.42 Å². The molecule has 0 saturated carbocycles. The number of amides is 1. The highest BCUT2D eigenvalue weighted by atomic mass is 79.9. The molecular formula is C17H20BrN3O. The molecule has 4 nitrogen and oxygen atoms in total. The van der Waals surface area contributed by atoms with Gasteiger partial charge in [0.1, 0.15) is 0 Å². The molecule has 116 valence electrons. The van der Waals surface area contributed by atoms with Crippen molar-refractivity contribution in [2.24, 2.45) is 0 Å². The van der Waals surface area contributed by atoms with Crippen LogP contribution in [0.4, 0.5) is 17.1 Å². The molecule has 2 aromatic carbocycles. The fourth-order valence-electron chi connectivity index (χ4n) is 1.99. The fraction of sp³-hybridized carbons (Fsp3) is 0.235. The van der Waals surface area contributed by atoms with Gasteiger partial charge in [-0.05, 0) is 42.5 Å². The zero-order valence-corrected chi connectivity index (χ0v) is 14.4. The van der Waals surface area contributed by atoms with Gasteiger partial charge in [0.2, 0.25) is 5.91 Å². The van der Waals surface area contributed by atoms with Crippen molar-refractivity contribution in [3.8, 4) is 0 Å². The van der Waals surface area contributed by atoms with Crippen LogP contribution in [0.3, 0.4) is 0 Å². The minimum absolute atomic E-state index is 0.0000925. The fourth-order valence-corrected chi connectivity index (χ4v) is 2.38. The molecule has 2 rings (SSSR count). The molecule has 0 spiro atoms. The second kappa shape index (κ2) is 7.84. The Bertz CT molecular complexity index is 626. The maximum Gasteiger partial charge on any atom is 0.226 e. The second-order valence-electron chi connectivity index (χ2n) is 5.18. The number of anilines is 3. The van der Waals surface area contributed by atoms with Gasteiger partial charge in [-0.1, -0.05) is 22.0 Å². The molecule has 0 atom stereocenters. The minimum Gasteiger partial charge on any atom is -0.384 e. The van der Waals surface area contributed by atoms with E-state index < -0.39 is 0 Å². The van der Waals surface area contributed by atoms with Gasteiger partial charge in [0.25, 0.3) is 0 Å². The van der Waals surface area contributed by atoms with Crippen LogP contribution in [0, 0.1) is 0 Å². The van der Waals surface area contributed by atoms with Gasteiger partial charge in [-0.3, -0.25) is 4.79 Å². The van der Waals surface area contributed by atoms with Crippen molar-refractivity contribution < 1.29 is 4.79 Å². The SMILES string of the molecule is CN(C)c1ccc(NC(=O)CCNc2cccc(Br)c2)cc1. The van der Waals surface area contributed by atoms with Crippen LogP contribution in [0.25, 0.3) is 0 Å². The highest BCUT2D eigenvalue weighted by Crippen LogP contribution is 2.17. The van der Waals surface area contributed by atoms with Crippen molar-refractivity contribution in [2.45, 2.75) is 6.42 Å². The number of benzene rings is 2. The van der Waals surface area contributed by atoms with Gasteiger partial charge in [0, 0.05) is 48.6 Å². The summed E-state index contributed by atoms with van der Waals surface area (Å²) in [6.07, 6.45) is 0.419. The average Bonchev–Trinajstić information content (AvgIpc) is 2.48. The lowest BCUT2D eigenvalue weighted by atomic mass is 10.2. The summed E-state index contributed by atoms with van der Waals surface area (Å²) in [5, 5.41) is 6.13. The zero-order chi connectivity index (χ0) is 15.9. The Balaban J connectivity index is 1.78. The van der Waals surface area contributed by atoms with Crippen molar-refractivity contribution >= 4 is 38.9 Å². The van der Waals surface area contributed by atoms with Crippen LogP contribution in [-0.2, 0) is 4.79 Å². The molecule has 22 heavy (non-hydrogen) atoms. The smallest absolute Gasteiger partial charge is 0.226 e. The molecule has 0 saturated heterocycles. The van der Waals surface area contributed by atoms with Gasteiger partial charge in [-0.15, -0.1) is 0 Å². The standard InChI is InChI=1S/C17H20BrN3O/c1-21(2)16-8-6-14(7-9-16)20-17(22)10-11-19-15-5-3-4-13(18)12-15/h3-9,12,19H,10-11H2,1-2H3,(H,20,22). The van der Waals surface area contributed by atoms with E-state index in [1.807, 2.05) is 67.5 Å². The van der Waals surface area contributed by atoms with Crippen LogP contribution in [0.5, 0.6) is 0 Å². The summed E-state index contributed by atoms with van der Waals surface area (Å²) in [4.78, 5) is 13.9. The summed E-state index contributed by atoms with van der Waals surface area (Å²) >= 11 is 3.42. The van der Waals surface area contributed by atoms with E-state index in [4.69, 9.17) is 0 Å². The lowest BCUT2D eigenvalue weighted by Crippen LogP contribution is -2.16. The van der Waals surface area contributed by atoms with Crippen LogP contribution in [0.15, 0.2) is 53.0 Å². The summed E-state index contributed by atoms with van der Waals surface area (Å²) < 4.78 is 1.02. The Kier molecular flexibility index (Phi) is 5.83. The molecule has 0 aliphatic heterocycles. The lowest BCUT2D eigenvalue weighted by Gasteiger charge is -2.13. The van der Waals surface area contributed by atoms with E-state index in [2.05, 4.69) is 26.6 Å². The highest BCUT2D eigenvalue weighted by Gasteiger charge is 2.03. The number of nitrogens with zero attached hydrogens (tertiary/aromatic N) is 1. The van der Waals surface area contributed by atoms with E-state index in [-0.39, 0.29) is 5.91 Å². The number of halogens is 1. The van der Waals surface area contributed by atoms with Crippen molar-refractivity contribution in [1.82, 2.24) is 0 Å². The molecule has 0 aromatic heterocycles. The topological polar surface area (TPSA) is 44.4 Å². The van der Waals surface area contributed by atoms with E-state index in [1.54, 1.807) is 0 Å². The Morgan fingerprint density at radius 2 is 1.82 bits per heavy atom. The van der Waals surface area contributed by atoms with E-state index in [0.29, 0.717) is 13.0 Å². The quantitative estimate of drug-likeness (QED) is 0.818. The average molecular weight is 362 g/mol. The first kappa shape index (κ1) is 16.4. The zero-order valence-electron chi connectivity index (χ0n) is 12.8. The van der Waals surface area contributed by atoms with Gasteiger partial charge in [-0.2, -0.15) is 0 Å². The Labute approximate surface area is 139 Å². The number of nitrogens with one attached hydrogen (secondary N) is 2. The normalized spacial score (nSPS) is 10.1. The van der Waals surface area contributed by atoms with E-state index in [0.717, 1.165) is 21.5 Å². The first-order chi connectivity index (χ1) is 10.5. The Hall–Kier alpha value is -2.01. The maximum absolute atomic E-state index is 11.9. The van der Waals surface area contributed by atoms with Crippen molar-refractivity contribution in [3.05, 3.63) is 53.0 Å². The molecule has 0 unspecified atom stereocenters. The molecule has 0 fully saturated rings. The van der Waals surface area contributed by atoms with Crippen molar-refractivity contribution in [3.63, 3.8) is 0 Å². The number of hydrogen-bond acceptors (Lipinski definition) is 3. The van der Waals surface area contributed by atoms with Gasteiger partial charge in [0.05, 0.1) is 0 Å². The summed E-state index contributed by atoms with van der Waals surface area (Å²) in [6, 6.07) is 15.7. The predicted molar refractivity (Wildman–Crippen MR) is 96.6 cm³/mol. The summed E-state index contributed by atoms with van der Waals surface area (Å²) in [6.45, 7) is 0.595. The van der Waals surface area contributed by atoms with E-state index in [1.165, 1.54) is 0 Å². The van der Waals surface area contributed by atoms with Crippen LogP contribution in [0.2, 0.25) is 0 Å². The third kappa shape index (κ3) is 5.07. The van der Waals surface area contributed by atoms with E-state index in [9.17, 15) is 4.79 Å². The Morgan fingerprint density at radius 3 is 2.45 bits per heavy atom. The third-order valence-electron chi connectivity index (χ3n) is 3.17. The first-order valence-corrected chi connectivity index (χ1v) is 7.90. The molecule has 5 heteroatoms. The second-order valence-corrected chi connectivity index (χ2v) is 6.09. The summed E-state index contributed by atoms with van der Waals surface area (Å²) in [5.74, 6) is 0.0000925. The lowest BCUT2D eigenvalue weighted by molar-refractivity contribution is -0.115. The molecule has 0 radical (unpaired) electrons. The maximum atomic E-state index is 11.9. The molecule has 0 heterocycles. The number of hydrogen-bond donors (Lipinski definition) is 2. The predicted octanol–water partition coefficient (Wildman–Crippen LogP) is 3.96. The number of carbonyl (C=O) groups is 1. The van der Waals surface area contributed by atoms with Crippen molar-refractivity contribution in [2.75, 3.05) is 36.2 Å². The largest absolute Gasteiger partial charge is 0.384 e. The number of carbonyl (C=O) groups excluding carboxylic acids is 1. The van der Waals surface area contributed by atoms with Gasteiger partial charge >= 0.3 is 0 Å². The highest BCUT2D eigenvalue weighted by molar-refractivity contribution is 9.10. The summed E-state index contributed by atoms with van der Waals surface area (Å²) in [5.41, 5.74) is 2.92. The molecule has 1 amide bonds. The molecule has 2 N–H and O–H groups in total. The van der Waals surface area contributed by atoms with Crippen molar-refractivity contribution in [1.29, 1.82) is 0 Å². The van der Waals surface area contributed by atoms with E-state index >= 15 is 0 Å². The van der Waals surface area contributed by atoms with Gasteiger partial charge in [-0.25, -0.2) is 0 Å². The molecule has 0 bridgehead atoms.